The molecular weight excluding hydrogens is 192 g/mol. The molecule has 1 atom stereocenters. The Morgan fingerprint density at radius 3 is 2.79 bits per heavy atom. The van der Waals surface area contributed by atoms with Crippen LogP contribution in [0.15, 0.2) is 35.3 Å². The predicted octanol–water partition coefficient (Wildman–Crippen LogP) is 1.70. The Labute approximate surface area is 88.6 Å². The molecule has 0 saturated carbocycles. The molecule has 1 aromatic rings. The first-order valence-electron chi connectivity index (χ1n) is 4.83. The Morgan fingerprint density at radius 2 is 2.14 bits per heavy atom. The maximum atomic E-state index is 6.06. The standard InChI is InChI=1S/C11H14N2S/c12-10(11-13-6-7-14-11)8-9-4-2-1-3-5-9/h1-5,10H,6-8,12H2. The second kappa shape index (κ2) is 4.62. The fourth-order valence-corrected chi connectivity index (χ4v) is 2.40. The van der Waals surface area contributed by atoms with Crippen LogP contribution in [0.5, 0.6) is 0 Å². The summed E-state index contributed by atoms with van der Waals surface area (Å²) in [5.74, 6) is 1.10. The highest BCUT2D eigenvalue weighted by atomic mass is 32.2. The molecule has 74 valence electrons. The summed E-state index contributed by atoms with van der Waals surface area (Å²) >= 11 is 1.79. The number of nitrogens with zero attached hydrogens (tertiary/aromatic N) is 1. The molecule has 0 amide bonds. The second-order valence-corrected chi connectivity index (χ2v) is 4.48. The van der Waals surface area contributed by atoms with E-state index in [2.05, 4.69) is 17.1 Å². The quantitative estimate of drug-likeness (QED) is 0.817. The molecule has 0 aromatic heterocycles. The second-order valence-electron chi connectivity index (χ2n) is 3.36. The van der Waals surface area contributed by atoms with E-state index >= 15 is 0 Å². The van der Waals surface area contributed by atoms with Gasteiger partial charge in [0.25, 0.3) is 0 Å². The van der Waals surface area contributed by atoms with Crippen LogP contribution in [0.4, 0.5) is 0 Å². The average Bonchev–Trinajstić information content (AvgIpc) is 2.72. The summed E-state index contributed by atoms with van der Waals surface area (Å²) in [7, 11) is 0. The summed E-state index contributed by atoms with van der Waals surface area (Å²) in [5.41, 5.74) is 7.35. The minimum absolute atomic E-state index is 0.0879. The van der Waals surface area contributed by atoms with Crippen LogP contribution < -0.4 is 5.73 Å². The number of rotatable bonds is 3. The Morgan fingerprint density at radius 1 is 1.36 bits per heavy atom. The molecule has 1 heterocycles. The van der Waals surface area contributed by atoms with Crippen molar-refractivity contribution in [3.8, 4) is 0 Å². The van der Waals surface area contributed by atoms with Gasteiger partial charge in [0, 0.05) is 12.3 Å². The van der Waals surface area contributed by atoms with Crippen molar-refractivity contribution in [1.82, 2.24) is 0 Å². The number of thioether (sulfide) groups is 1. The summed E-state index contributed by atoms with van der Waals surface area (Å²) in [6, 6.07) is 10.4. The third kappa shape index (κ3) is 2.36. The van der Waals surface area contributed by atoms with Crippen molar-refractivity contribution >= 4 is 16.8 Å². The SMILES string of the molecule is NC(Cc1ccccc1)C1=NCCS1. The molecule has 2 N–H and O–H groups in total. The Bertz CT molecular complexity index is 321. The minimum atomic E-state index is 0.0879. The molecule has 2 nitrogen and oxygen atoms in total. The van der Waals surface area contributed by atoms with Gasteiger partial charge < -0.3 is 5.73 Å². The molecular formula is C11H14N2S. The average molecular weight is 206 g/mol. The fraction of sp³-hybridized carbons (Fsp3) is 0.364. The normalized spacial score (nSPS) is 17.9. The molecule has 0 spiro atoms. The van der Waals surface area contributed by atoms with Gasteiger partial charge in [0.1, 0.15) is 0 Å². The molecule has 0 fully saturated rings. The number of hydrogen-bond donors (Lipinski definition) is 1. The largest absolute Gasteiger partial charge is 0.322 e. The van der Waals surface area contributed by atoms with E-state index in [1.807, 2.05) is 18.2 Å². The van der Waals surface area contributed by atoms with Crippen LogP contribution >= 0.6 is 11.8 Å². The third-order valence-electron chi connectivity index (χ3n) is 2.22. The molecule has 0 bridgehead atoms. The number of aliphatic imine (C=N–C) groups is 1. The van der Waals surface area contributed by atoms with E-state index in [4.69, 9.17) is 5.73 Å². The van der Waals surface area contributed by atoms with Gasteiger partial charge in [0.2, 0.25) is 0 Å². The molecule has 1 aromatic carbocycles. The molecule has 0 aliphatic carbocycles. The summed E-state index contributed by atoms with van der Waals surface area (Å²) in [5, 5.41) is 1.12. The zero-order chi connectivity index (χ0) is 9.80. The number of benzene rings is 1. The molecule has 0 saturated heterocycles. The monoisotopic (exact) mass is 206 g/mol. The van der Waals surface area contributed by atoms with Crippen molar-refractivity contribution in [3.63, 3.8) is 0 Å². The summed E-state index contributed by atoms with van der Waals surface area (Å²) in [4.78, 5) is 4.39. The summed E-state index contributed by atoms with van der Waals surface area (Å²) in [6.07, 6.45) is 0.896. The maximum absolute atomic E-state index is 6.06. The minimum Gasteiger partial charge on any atom is -0.322 e. The van der Waals surface area contributed by atoms with Gasteiger partial charge in [-0.1, -0.05) is 30.3 Å². The lowest BCUT2D eigenvalue weighted by atomic mass is 10.1. The molecule has 14 heavy (non-hydrogen) atoms. The van der Waals surface area contributed by atoms with E-state index in [9.17, 15) is 0 Å². The maximum Gasteiger partial charge on any atom is 0.0848 e. The first-order valence-corrected chi connectivity index (χ1v) is 5.81. The molecule has 0 radical (unpaired) electrons. The highest BCUT2D eigenvalue weighted by Crippen LogP contribution is 2.16. The Balaban J connectivity index is 1.97. The van der Waals surface area contributed by atoms with Gasteiger partial charge in [-0.2, -0.15) is 0 Å². The van der Waals surface area contributed by atoms with Crippen LogP contribution in [0.1, 0.15) is 5.56 Å². The van der Waals surface area contributed by atoms with Crippen LogP contribution in [-0.4, -0.2) is 23.4 Å². The molecule has 3 heteroatoms. The first kappa shape index (κ1) is 9.74. The van der Waals surface area contributed by atoms with Crippen molar-refractivity contribution in [2.45, 2.75) is 12.5 Å². The topological polar surface area (TPSA) is 38.4 Å². The van der Waals surface area contributed by atoms with E-state index in [0.29, 0.717) is 0 Å². The number of nitrogens with two attached hydrogens (primary N) is 1. The van der Waals surface area contributed by atoms with E-state index in [-0.39, 0.29) is 6.04 Å². The highest BCUT2D eigenvalue weighted by molar-refractivity contribution is 8.14. The van der Waals surface area contributed by atoms with Gasteiger partial charge in [0.05, 0.1) is 11.1 Å². The lowest BCUT2D eigenvalue weighted by Crippen LogP contribution is -2.29. The van der Waals surface area contributed by atoms with Gasteiger partial charge in [-0.15, -0.1) is 11.8 Å². The molecule has 1 aliphatic heterocycles. The van der Waals surface area contributed by atoms with Gasteiger partial charge >= 0.3 is 0 Å². The van der Waals surface area contributed by atoms with Crippen LogP contribution in [0.3, 0.4) is 0 Å². The summed E-state index contributed by atoms with van der Waals surface area (Å²) < 4.78 is 0. The van der Waals surface area contributed by atoms with Crippen molar-refractivity contribution in [1.29, 1.82) is 0 Å². The zero-order valence-electron chi connectivity index (χ0n) is 8.02. The van der Waals surface area contributed by atoms with Crippen molar-refractivity contribution in [3.05, 3.63) is 35.9 Å². The smallest absolute Gasteiger partial charge is 0.0848 e. The van der Waals surface area contributed by atoms with Crippen LogP contribution in [0.2, 0.25) is 0 Å². The van der Waals surface area contributed by atoms with E-state index < -0.39 is 0 Å². The van der Waals surface area contributed by atoms with Crippen molar-refractivity contribution in [2.24, 2.45) is 10.7 Å². The Kier molecular flexibility index (Phi) is 3.22. The molecule has 2 rings (SSSR count). The van der Waals surface area contributed by atoms with Crippen LogP contribution in [0.25, 0.3) is 0 Å². The van der Waals surface area contributed by atoms with Crippen molar-refractivity contribution < 1.29 is 0 Å². The van der Waals surface area contributed by atoms with Gasteiger partial charge in [0.15, 0.2) is 0 Å². The lowest BCUT2D eigenvalue weighted by molar-refractivity contribution is 0.857. The zero-order valence-corrected chi connectivity index (χ0v) is 8.83. The first-order chi connectivity index (χ1) is 6.86. The van der Waals surface area contributed by atoms with Crippen LogP contribution in [-0.2, 0) is 6.42 Å². The van der Waals surface area contributed by atoms with E-state index in [1.54, 1.807) is 11.8 Å². The van der Waals surface area contributed by atoms with E-state index in [0.717, 1.165) is 23.8 Å². The summed E-state index contributed by atoms with van der Waals surface area (Å²) in [6.45, 7) is 0.933. The predicted molar refractivity (Wildman–Crippen MR) is 62.9 cm³/mol. The number of hydrogen-bond acceptors (Lipinski definition) is 3. The molecule has 1 aliphatic rings. The van der Waals surface area contributed by atoms with Gasteiger partial charge in [-0.25, -0.2) is 0 Å². The van der Waals surface area contributed by atoms with Gasteiger partial charge in [-0.05, 0) is 12.0 Å². The fourth-order valence-electron chi connectivity index (χ4n) is 1.53. The van der Waals surface area contributed by atoms with Crippen molar-refractivity contribution in [2.75, 3.05) is 12.3 Å². The highest BCUT2D eigenvalue weighted by Gasteiger charge is 2.15. The third-order valence-corrected chi connectivity index (χ3v) is 3.34. The lowest BCUT2D eigenvalue weighted by Gasteiger charge is -2.10. The van der Waals surface area contributed by atoms with E-state index in [1.165, 1.54) is 5.56 Å². The van der Waals surface area contributed by atoms with Gasteiger partial charge in [-0.3, -0.25) is 4.99 Å². The van der Waals surface area contributed by atoms with Crippen LogP contribution in [0, 0.1) is 0 Å². The Hall–Kier alpha value is -0.800. The molecule has 1 unspecified atom stereocenters.